The van der Waals surface area contributed by atoms with Gasteiger partial charge in [0.25, 0.3) is 0 Å². The molecule has 0 radical (unpaired) electrons. The largest absolute Gasteiger partial charge is 0.386 e. The van der Waals surface area contributed by atoms with E-state index >= 15 is 0 Å². The fraction of sp³-hybridized carbons (Fsp3) is 0.455. The van der Waals surface area contributed by atoms with E-state index in [2.05, 4.69) is 17.9 Å². The molecular weight excluding hydrogens is 180 g/mol. The van der Waals surface area contributed by atoms with Gasteiger partial charge in [0.05, 0.1) is 0 Å². The molecule has 0 aliphatic heterocycles. The van der Waals surface area contributed by atoms with E-state index in [1.54, 1.807) is 0 Å². The highest BCUT2D eigenvalue weighted by molar-refractivity contribution is 5.99. The number of carbonyl (C=O) groups excluding carboxylic acids is 2. The van der Waals surface area contributed by atoms with E-state index in [9.17, 15) is 9.59 Å². The molecule has 3 nitrogen and oxygen atoms in total. The van der Waals surface area contributed by atoms with Crippen molar-refractivity contribution in [3.05, 3.63) is 24.8 Å². The van der Waals surface area contributed by atoms with Crippen molar-refractivity contribution in [2.24, 2.45) is 5.92 Å². The summed E-state index contributed by atoms with van der Waals surface area (Å²) in [5.74, 6) is -1.13. The first kappa shape index (κ1) is 10.7. The van der Waals surface area contributed by atoms with Crippen molar-refractivity contribution in [1.82, 2.24) is 0 Å². The molecule has 1 rings (SSSR count). The Bertz CT molecular complexity index is 272. The van der Waals surface area contributed by atoms with Gasteiger partial charge in [-0.25, -0.2) is 9.59 Å². The lowest BCUT2D eigenvalue weighted by Crippen LogP contribution is -2.16. The highest BCUT2D eigenvalue weighted by Crippen LogP contribution is 2.30. The van der Waals surface area contributed by atoms with Gasteiger partial charge in [-0.05, 0) is 18.8 Å². The van der Waals surface area contributed by atoms with Crippen molar-refractivity contribution in [1.29, 1.82) is 0 Å². The van der Waals surface area contributed by atoms with Crippen molar-refractivity contribution in [3.63, 3.8) is 0 Å². The number of esters is 2. The lowest BCUT2D eigenvalue weighted by Gasteiger charge is -2.09. The summed E-state index contributed by atoms with van der Waals surface area (Å²) in [5.41, 5.74) is 0.415. The molecule has 0 unspecified atom stereocenters. The van der Waals surface area contributed by atoms with Gasteiger partial charge in [-0.3, -0.25) is 0 Å². The fourth-order valence-electron chi connectivity index (χ4n) is 1.64. The Balaban J connectivity index is 2.47. The third-order valence-corrected chi connectivity index (χ3v) is 2.47. The molecule has 0 bridgehead atoms. The predicted octanol–water partition coefficient (Wildman–Crippen LogP) is 1.99. The van der Waals surface area contributed by atoms with Crippen molar-refractivity contribution in [2.75, 3.05) is 0 Å². The summed E-state index contributed by atoms with van der Waals surface area (Å²) in [7, 11) is 0. The highest BCUT2D eigenvalue weighted by atomic mass is 16.6. The maximum absolute atomic E-state index is 11.3. The average Bonchev–Trinajstić information content (AvgIpc) is 2.69. The fourth-order valence-corrected chi connectivity index (χ4v) is 1.64. The van der Waals surface area contributed by atoms with Crippen LogP contribution < -0.4 is 0 Å². The summed E-state index contributed by atoms with van der Waals surface area (Å²) in [6.45, 7) is 6.88. The predicted molar refractivity (Wildman–Crippen MR) is 52.4 cm³/mol. The number of carbonyl (C=O) groups is 2. The van der Waals surface area contributed by atoms with Gasteiger partial charge in [0.1, 0.15) is 0 Å². The molecule has 0 spiro atoms. The summed E-state index contributed by atoms with van der Waals surface area (Å²) in [6, 6.07) is 0. The van der Waals surface area contributed by atoms with E-state index in [-0.39, 0.29) is 5.92 Å². The summed E-state index contributed by atoms with van der Waals surface area (Å²) in [6.07, 6.45) is 5.14. The summed E-state index contributed by atoms with van der Waals surface area (Å²) in [5, 5.41) is 0. The lowest BCUT2D eigenvalue weighted by molar-refractivity contribution is -0.153. The Morgan fingerprint density at radius 3 is 2.36 bits per heavy atom. The maximum Gasteiger partial charge on any atom is 0.341 e. The second-order valence-electron chi connectivity index (χ2n) is 3.42. The van der Waals surface area contributed by atoms with E-state index in [1.807, 2.05) is 0 Å². The third kappa shape index (κ3) is 2.55. The van der Waals surface area contributed by atoms with Crippen LogP contribution in [0.2, 0.25) is 0 Å². The Morgan fingerprint density at radius 1 is 1.29 bits per heavy atom. The molecule has 76 valence electrons. The van der Waals surface area contributed by atoms with Crippen LogP contribution in [0.3, 0.4) is 0 Å². The van der Waals surface area contributed by atoms with Gasteiger partial charge in [-0.1, -0.05) is 26.0 Å². The van der Waals surface area contributed by atoms with Crippen LogP contribution in [0.25, 0.3) is 0 Å². The molecule has 3 heteroatoms. The second-order valence-corrected chi connectivity index (χ2v) is 3.42. The van der Waals surface area contributed by atoms with Crippen LogP contribution in [0, 0.1) is 5.92 Å². The Kier molecular flexibility index (Phi) is 3.63. The van der Waals surface area contributed by atoms with Crippen molar-refractivity contribution < 1.29 is 14.3 Å². The van der Waals surface area contributed by atoms with Crippen LogP contribution in [-0.4, -0.2) is 11.9 Å². The van der Waals surface area contributed by atoms with E-state index in [0.29, 0.717) is 5.57 Å². The molecule has 0 aromatic rings. The Hall–Kier alpha value is -1.38. The standard InChI is InChI=1S/C11H14O3/c1-3-10(12)14-11(13)8(2)9-6-4-5-7-9/h3,9H,1-2,4-7H2. The van der Waals surface area contributed by atoms with Crippen molar-refractivity contribution in [2.45, 2.75) is 25.7 Å². The number of rotatable bonds is 3. The van der Waals surface area contributed by atoms with Gasteiger partial charge in [0, 0.05) is 11.6 Å². The minimum atomic E-state index is -0.714. The third-order valence-electron chi connectivity index (χ3n) is 2.47. The quantitative estimate of drug-likeness (QED) is 0.392. The average molecular weight is 194 g/mol. The minimum Gasteiger partial charge on any atom is -0.386 e. The lowest BCUT2D eigenvalue weighted by atomic mass is 9.99. The smallest absolute Gasteiger partial charge is 0.341 e. The van der Waals surface area contributed by atoms with Crippen LogP contribution in [0.15, 0.2) is 24.8 Å². The zero-order valence-electron chi connectivity index (χ0n) is 8.12. The van der Waals surface area contributed by atoms with Crippen LogP contribution in [0.5, 0.6) is 0 Å². The number of hydrogen-bond donors (Lipinski definition) is 0. The van der Waals surface area contributed by atoms with Crippen LogP contribution in [0.1, 0.15) is 25.7 Å². The first-order chi connectivity index (χ1) is 6.65. The monoisotopic (exact) mass is 194 g/mol. The van der Waals surface area contributed by atoms with Gasteiger partial charge >= 0.3 is 11.9 Å². The minimum absolute atomic E-state index is 0.195. The molecule has 0 N–H and O–H groups in total. The molecule has 14 heavy (non-hydrogen) atoms. The van der Waals surface area contributed by atoms with E-state index < -0.39 is 11.9 Å². The van der Waals surface area contributed by atoms with Crippen LogP contribution in [0.4, 0.5) is 0 Å². The molecule has 1 aliphatic rings. The van der Waals surface area contributed by atoms with E-state index in [4.69, 9.17) is 0 Å². The summed E-state index contributed by atoms with van der Waals surface area (Å²) >= 11 is 0. The van der Waals surface area contributed by atoms with Crippen LogP contribution in [-0.2, 0) is 14.3 Å². The molecular formula is C11H14O3. The molecule has 1 fully saturated rings. The summed E-state index contributed by atoms with van der Waals surface area (Å²) < 4.78 is 4.48. The molecule has 0 aromatic heterocycles. The maximum atomic E-state index is 11.3. The topological polar surface area (TPSA) is 43.4 Å². The van der Waals surface area contributed by atoms with Gasteiger partial charge in [0.15, 0.2) is 0 Å². The molecule has 0 amide bonds. The number of hydrogen-bond acceptors (Lipinski definition) is 3. The highest BCUT2D eigenvalue weighted by Gasteiger charge is 2.24. The van der Waals surface area contributed by atoms with Crippen molar-refractivity contribution >= 4 is 11.9 Å². The van der Waals surface area contributed by atoms with Crippen molar-refractivity contribution in [3.8, 4) is 0 Å². The van der Waals surface area contributed by atoms with E-state index in [0.717, 1.165) is 31.8 Å². The molecule has 0 heterocycles. The first-order valence-electron chi connectivity index (χ1n) is 4.72. The van der Waals surface area contributed by atoms with Gasteiger partial charge in [0.2, 0.25) is 0 Å². The Labute approximate surface area is 83.4 Å². The number of ether oxygens (including phenoxy) is 1. The molecule has 0 saturated heterocycles. The molecule has 1 saturated carbocycles. The van der Waals surface area contributed by atoms with Gasteiger partial charge in [-0.15, -0.1) is 0 Å². The molecule has 0 aromatic carbocycles. The molecule has 1 aliphatic carbocycles. The zero-order chi connectivity index (χ0) is 10.6. The zero-order valence-corrected chi connectivity index (χ0v) is 8.12. The van der Waals surface area contributed by atoms with Gasteiger partial charge < -0.3 is 4.74 Å². The molecule has 0 atom stereocenters. The van der Waals surface area contributed by atoms with Gasteiger partial charge in [-0.2, -0.15) is 0 Å². The normalized spacial score (nSPS) is 16.3. The SMILES string of the molecule is C=CC(=O)OC(=O)C(=C)C1CCCC1. The summed E-state index contributed by atoms with van der Waals surface area (Å²) in [4.78, 5) is 22.0. The second kappa shape index (κ2) is 4.74. The van der Waals surface area contributed by atoms with Crippen LogP contribution >= 0.6 is 0 Å². The first-order valence-corrected chi connectivity index (χ1v) is 4.72. The van der Waals surface area contributed by atoms with E-state index in [1.165, 1.54) is 0 Å². The Morgan fingerprint density at radius 2 is 1.86 bits per heavy atom.